The van der Waals surface area contributed by atoms with Gasteiger partial charge in [-0.05, 0) is 31.8 Å². The van der Waals surface area contributed by atoms with E-state index in [2.05, 4.69) is 20.3 Å². The van der Waals surface area contributed by atoms with Crippen molar-refractivity contribution in [2.24, 2.45) is 12.0 Å². The van der Waals surface area contributed by atoms with Gasteiger partial charge in [-0.2, -0.15) is 5.10 Å². The van der Waals surface area contributed by atoms with E-state index >= 15 is 0 Å². The smallest absolute Gasteiger partial charge is 0.193 e. The summed E-state index contributed by atoms with van der Waals surface area (Å²) < 4.78 is 15.2. The molecular formula is C18H28FIN6. The van der Waals surface area contributed by atoms with Crippen molar-refractivity contribution in [3.63, 3.8) is 0 Å². The molecule has 0 saturated heterocycles. The van der Waals surface area contributed by atoms with E-state index in [0.717, 1.165) is 17.1 Å². The van der Waals surface area contributed by atoms with Gasteiger partial charge in [0.05, 0.1) is 12.2 Å². The maximum absolute atomic E-state index is 13.4. The Labute approximate surface area is 172 Å². The van der Waals surface area contributed by atoms with E-state index in [1.54, 1.807) is 23.9 Å². The molecule has 0 amide bonds. The lowest BCUT2D eigenvalue weighted by atomic mass is 10.1. The molecular weight excluding hydrogens is 446 g/mol. The van der Waals surface area contributed by atoms with Gasteiger partial charge in [0.1, 0.15) is 5.82 Å². The topological polar surface area (TPSA) is 48.7 Å². The maximum Gasteiger partial charge on any atom is 0.193 e. The van der Waals surface area contributed by atoms with Gasteiger partial charge in [0.15, 0.2) is 5.96 Å². The number of nitrogens with zero attached hydrogens (tertiary/aromatic N) is 5. The molecule has 1 aromatic carbocycles. The molecule has 1 N–H and O–H groups in total. The Morgan fingerprint density at radius 1 is 1.35 bits per heavy atom. The Kier molecular flexibility index (Phi) is 9.00. The number of aryl methyl sites for hydroxylation is 1. The van der Waals surface area contributed by atoms with Gasteiger partial charge in [-0.3, -0.25) is 9.67 Å². The highest BCUT2D eigenvalue weighted by Crippen LogP contribution is 2.16. The number of benzene rings is 1. The van der Waals surface area contributed by atoms with E-state index in [1.807, 2.05) is 51.6 Å². The third-order valence-electron chi connectivity index (χ3n) is 4.07. The summed E-state index contributed by atoms with van der Waals surface area (Å²) >= 11 is 0. The second kappa shape index (κ2) is 10.5. The van der Waals surface area contributed by atoms with Gasteiger partial charge in [0, 0.05) is 46.0 Å². The van der Waals surface area contributed by atoms with Gasteiger partial charge < -0.3 is 15.1 Å². The van der Waals surface area contributed by atoms with Crippen LogP contribution in [0.15, 0.2) is 41.7 Å². The van der Waals surface area contributed by atoms with Crippen LogP contribution >= 0.6 is 24.0 Å². The van der Waals surface area contributed by atoms with Crippen LogP contribution in [-0.2, 0) is 13.6 Å². The van der Waals surface area contributed by atoms with Crippen LogP contribution < -0.4 is 5.32 Å². The quantitative estimate of drug-likeness (QED) is 0.397. The lowest BCUT2D eigenvalue weighted by molar-refractivity contribution is 0.295. The zero-order chi connectivity index (χ0) is 18.4. The number of hydrogen-bond donors (Lipinski definition) is 1. The number of aromatic nitrogens is 2. The summed E-state index contributed by atoms with van der Waals surface area (Å²) in [5, 5.41) is 7.65. The molecule has 1 unspecified atom stereocenters. The van der Waals surface area contributed by atoms with Crippen LogP contribution in [0.3, 0.4) is 0 Å². The molecule has 0 spiro atoms. The largest absolute Gasteiger partial charge is 0.354 e. The molecule has 1 heterocycles. The monoisotopic (exact) mass is 474 g/mol. The number of guanidine groups is 1. The molecule has 144 valence electrons. The van der Waals surface area contributed by atoms with Crippen LogP contribution in [0.1, 0.15) is 17.2 Å². The molecule has 8 heteroatoms. The summed E-state index contributed by atoms with van der Waals surface area (Å²) in [7, 11) is 9.68. The predicted molar refractivity (Wildman–Crippen MR) is 114 cm³/mol. The Bertz CT molecular complexity index is 715. The highest BCUT2D eigenvalue weighted by molar-refractivity contribution is 14.0. The second-order valence-electron chi connectivity index (χ2n) is 6.34. The summed E-state index contributed by atoms with van der Waals surface area (Å²) in [4.78, 5) is 8.45. The Balaban J connectivity index is 0.00000338. The van der Waals surface area contributed by atoms with Crippen LogP contribution in [0.5, 0.6) is 0 Å². The zero-order valence-corrected chi connectivity index (χ0v) is 18.3. The van der Waals surface area contributed by atoms with Gasteiger partial charge >= 0.3 is 0 Å². The van der Waals surface area contributed by atoms with Crippen molar-refractivity contribution in [3.8, 4) is 0 Å². The Morgan fingerprint density at radius 2 is 2.08 bits per heavy atom. The number of halogens is 2. The molecule has 0 saturated carbocycles. The number of likely N-dealkylation sites (N-methyl/N-ethyl adjacent to an activating group) is 1. The number of aliphatic imine (C=N–C) groups is 1. The highest BCUT2D eigenvalue weighted by atomic mass is 127. The molecule has 0 fully saturated rings. The van der Waals surface area contributed by atoms with E-state index in [1.165, 1.54) is 6.07 Å². The highest BCUT2D eigenvalue weighted by Gasteiger charge is 2.17. The summed E-state index contributed by atoms with van der Waals surface area (Å²) in [6.07, 6.45) is 3.90. The van der Waals surface area contributed by atoms with Crippen LogP contribution in [0, 0.1) is 5.82 Å². The minimum atomic E-state index is -0.224. The second-order valence-corrected chi connectivity index (χ2v) is 6.34. The average molecular weight is 474 g/mol. The predicted octanol–water partition coefficient (Wildman–Crippen LogP) is 2.49. The third kappa shape index (κ3) is 6.24. The van der Waals surface area contributed by atoms with Crippen LogP contribution in [0.25, 0.3) is 0 Å². The van der Waals surface area contributed by atoms with E-state index in [0.29, 0.717) is 13.1 Å². The standard InChI is InChI=1S/C18H27FN6.HI/c1-20-18(24(4)12-14-7-6-8-16(19)9-14)21-11-17(23(2)3)15-10-22-25(5)13-15;/h6-10,13,17H,11-12H2,1-5H3,(H,20,21);1H. The fraction of sp³-hybridized carbons (Fsp3) is 0.444. The Hall–Kier alpha value is -1.68. The first-order valence-electron chi connectivity index (χ1n) is 8.22. The van der Waals surface area contributed by atoms with Gasteiger partial charge in [0.25, 0.3) is 0 Å². The minimum Gasteiger partial charge on any atom is -0.354 e. The summed E-state index contributed by atoms with van der Waals surface area (Å²) in [6, 6.07) is 6.80. The normalized spacial score (nSPS) is 12.7. The van der Waals surface area contributed by atoms with E-state index < -0.39 is 0 Å². The molecule has 0 aliphatic heterocycles. The summed E-state index contributed by atoms with van der Waals surface area (Å²) in [5.74, 6) is 0.540. The summed E-state index contributed by atoms with van der Waals surface area (Å²) in [5.41, 5.74) is 2.05. The first kappa shape index (κ1) is 22.4. The van der Waals surface area contributed by atoms with Crippen molar-refractivity contribution in [3.05, 3.63) is 53.6 Å². The van der Waals surface area contributed by atoms with E-state index in [-0.39, 0.29) is 35.8 Å². The molecule has 1 atom stereocenters. The van der Waals surface area contributed by atoms with Crippen molar-refractivity contribution >= 4 is 29.9 Å². The van der Waals surface area contributed by atoms with Crippen LogP contribution in [0.4, 0.5) is 4.39 Å². The van der Waals surface area contributed by atoms with Gasteiger partial charge in [-0.15, -0.1) is 24.0 Å². The SMILES string of the molecule is CN=C(NCC(c1cnn(C)c1)N(C)C)N(C)Cc1cccc(F)c1.I. The molecule has 26 heavy (non-hydrogen) atoms. The van der Waals surface area contributed by atoms with Crippen molar-refractivity contribution in [1.29, 1.82) is 0 Å². The van der Waals surface area contributed by atoms with E-state index in [9.17, 15) is 4.39 Å². The van der Waals surface area contributed by atoms with Crippen LogP contribution in [-0.4, -0.2) is 60.3 Å². The van der Waals surface area contributed by atoms with E-state index in [4.69, 9.17) is 0 Å². The minimum absolute atomic E-state index is 0. The number of rotatable bonds is 6. The maximum atomic E-state index is 13.4. The zero-order valence-electron chi connectivity index (χ0n) is 16.0. The van der Waals surface area contributed by atoms with Gasteiger partial charge in [-0.1, -0.05) is 12.1 Å². The third-order valence-corrected chi connectivity index (χ3v) is 4.07. The Morgan fingerprint density at radius 3 is 2.62 bits per heavy atom. The van der Waals surface area contributed by atoms with Crippen molar-refractivity contribution in [2.45, 2.75) is 12.6 Å². The van der Waals surface area contributed by atoms with Crippen molar-refractivity contribution in [2.75, 3.05) is 34.7 Å². The molecule has 2 rings (SSSR count). The van der Waals surface area contributed by atoms with Crippen molar-refractivity contribution in [1.82, 2.24) is 24.9 Å². The molecule has 6 nitrogen and oxygen atoms in total. The summed E-state index contributed by atoms with van der Waals surface area (Å²) in [6.45, 7) is 1.27. The lowest BCUT2D eigenvalue weighted by Crippen LogP contribution is -2.42. The molecule has 2 aromatic rings. The van der Waals surface area contributed by atoms with Crippen molar-refractivity contribution < 1.29 is 4.39 Å². The van der Waals surface area contributed by atoms with Gasteiger partial charge in [-0.25, -0.2) is 4.39 Å². The van der Waals surface area contributed by atoms with Gasteiger partial charge in [0.2, 0.25) is 0 Å². The van der Waals surface area contributed by atoms with Crippen LogP contribution in [0.2, 0.25) is 0 Å². The molecule has 0 bridgehead atoms. The first-order valence-corrected chi connectivity index (χ1v) is 8.22. The fourth-order valence-corrected chi connectivity index (χ4v) is 2.77. The average Bonchev–Trinajstić information content (AvgIpc) is 2.97. The molecule has 0 aliphatic rings. The first-order chi connectivity index (χ1) is 11.9. The molecule has 1 aromatic heterocycles. The number of hydrogen-bond acceptors (Lipinski definition) is 3. The fourth-order valence-electron chi connectivity index (χ4n) is 2.77. The molecule has 0 radical (unpaired) electrons. The number of nitrogens with one attached hydrogen (secondary N) is 1. The molecule has 0 aliphatic carbocycles. The lowest BCUT2D eigenvalue weighted by Gasteiger charge is -2.27.